The van der Waals surface area contributed by atoms with Crippen LogP contribution in [0, 0.1) is 0 Å². The lowest BCUT2D eigenvalue weighted by molar-refractivity contribution is -0.114. The third kappa shape index (κ3) is 6.25. The molecule has 0 fully saturated rings. The molecular weight excluding hydrogens is 526 g/mol. The van der Waals surface area contributed by atoms with E-state index in [2.05, 4.69) is 4.72 Å². The van der Waals surface area contributed by atoms with Gasteiger partial charge in [0.2, 0.25) is 0 Å². The second-order valence-corrected chi connectivity index (χ2v) is 12.6. The van der Waals surface area contributed by atoms with Gasteiger partial charge < -0.3 is 14.2 Å². The number of benzene rings is 3. The topological polar surface area (TPSA) is 108 Å². The molecule has 1 aliphatic heterocycles. The summed E-state index contributed by atoms with van der Waals surface area (Å²) >= 11 is 0. The van der Waals surface area contributed by atoms with Gasteiger partial charge in [-0.05, 0) is 72.9 Å². The van der Waals surface area contributed by atoms with Crippen LogP contribution in [0.5, 0.6) is 23.0 Å². The number of ether oxygens (including phenoxy) is 3. The maximum absolute atomic E-state index is 12.0. The van der Waals surface area contributed by atoms with Gasteiger partial charge in [-0.3, -0.25) is 9.52 Å². The van der Waals surface area contributed by atoms with Crippen LogP contribution in [0.4, 0.5) is 0 Å². The van der Waals surface area contributed by atoms with Crippen LogP contribution in [-0.2, 0) is 32.0 Å². The van der Waals surface area contributed by atoms with Crippen molar-refractivity contribution in [2.75, 3.05) is 18.6 Å². The van der Waals surface area contributed by atoms with E-state index in [0.717, 1.165) is 29.7 Å². The Morgan fingerprint density at radius 3 is 2.37 bits per heavy atom. The molecule has 1 aliphatic carbocycles. The lowest BCUT2D eigenvalue weighted by atomic mass is 10.1. The number of fused-ring (bicyclic) bond motifs is 1. The zero-order valence-corrected chi connectivity index (χ0v) is 22.3. The van der Waals surface area contributed by atoms with Crippen LogP contribution < -0.4 is 18.9 Å². The van der Waals surface area contributed by atoms with Crippen molar-refractivity contribution in [3.63, 3.8) is 0 Å². The predicted molar refractivity (Wildman–Crippen MR) is 145 cm³/mol. The fraction of sp³-hybridized carbons (Fsp3) is 0.250. The summed E-state index contributed by atoms with van der Waals surface area (Å²) in [4.78, 5) is 11.9. The Hall–Kier alpha value is -3.63. The Labute approximate surface area is 224 Å². The Morgan fingerprint density at radius 1 is 0.974 bits per heavy atom. The van der Waals surface area contributed by atoms with Gasteiger partial charge in [-0.15, -0.1) is 0 Å². The Kier molecular flexibility index (Phi) is 7.53. The van der Waals surface area contributed by atoms with Crippen LogP contribution in [0.3, 0.4) is 0 Å². The molecular formula is C28H27NO7S2. The Morgan fingerprint density at radius 2 is 1.68 bits per heavy atom. The summed E-state index contributed by atoms with van der Waals surface area (Å²) in [6.07, 6.45) is 4.52. The number of rotatable bonds is 10. The molecule has 0 radical (unpaired) electrons. The summed E-state index contributed by atoms with van der Waals surface area (Å²) in [6, 6.07) is 20.4. The highest BCUT2D eigenvalue weighted by Crippen LogP contribution is 2.41. The smallest absolute Gasteiger partial charge is 0.257 e. The quantitative estimate of drug-likeness (QED) is 0.369. The third-order valence-corrected chi connectivity index (χ3v) is 8.39. The van der Waals surface area contributed by atoms with Crippen molar-refractivity contribution in [2.45, 2.75) is 25.4 Å². The monoisotopic (exact) mass is 553 g/mol. The first-order valence-corrected chi connectivity index (χ1v) is 15.4. The van der Waals surface area contributed by atoms with E-state index < -0.39 is 20.8 Å². The molecule has 0 saturated carbocycles. The minimum absolute atomic E-state index is 0.101. The van der Waals surface area contributed by atoms with Crippen LogP contribution in [-0.4, -0.2) is 37.1 Å². The average molecular weight is 554 g/mol. The second kappa shape index (κ2) is 11.0. The van der Waals surface area contributed by atoms with Crippen molar-refractivity contribution in [1.29, 1.82) is 0 Å². The van der Waals surface area contributed by atoms with Crippen molar-refractivity contribution in [1.82, 2.24) is 4.72 Å². The molecule has 38 heavy (non-hydrogen) atoms. The molecule has 3 aromatic carbocycles. The Bertz CT molecular complexity index is 1500. The summed E-state index contributed by atoms with van der Waals surface area (Å²) in [5, 5.41) is 0. The normalized spacial score (nSPS) is 18.4. The highest BCUT2D eigenvalue weighted by atomic mass is 32.2. The van der Waals surface area contributed by atoms with Gasteiger partial charge in [0.25, 0.3) is 5.91 Å². The minimum atomic E-state index is -2.99. The average Bonchev–Trinajstić information content (AvgIpc) is 3.45. The van der Waals surface area contributed by atoms with Crippen LogP contribution >= 0.6 is 0 Å². The maximum Gasteiger partial charge on any atom is 0.257 e. The summed E-state index contributed by atoms with van der Waals surface area (Å²) in [7, 11) is -4.52. The van der Waals surface area contributed by atoms with Gasteiger partial charge in [-0.1, -0.05) is 24.3 Å². The number of amides is 1. The van der Waals surface area contributed by atoms with E-state index in [9.17, 15) is 17.4 Å². The summed E-state index contributed by atoms with van der Waals surface area (Å²) in [6.45, 7) is 0.331. The number of hydrogen-bond donors (Lipinski definition) is 1. The molecule has 3 aromatic rings. The fourth-order valence-corrected chi connectivity index (χ4v) is 6.00. The number of hydrogen-bond acceptors (Lipinski definition) is 7. The van der Waals surface area contributed by atoms with Crippen molar-refractivity contribution in [2.24, 2.45) is 0 Å². The first kappa shape index (κ1) is 26.0. The SMILES string of the molecule is CS(=O)(=O)CCCOc1ccc(Oc2cccc3c2CC[C@H]3Oc2ccc(C3=CC(=O)NS3=O)cc2)cc1. The first-order chi connectivity index (χ1) is 18.2. The highest BCUT2D eigenvalue weighted by Gasteiger charge is 2.27. The Balaban J connectivity index is 1.21. The van der Waals surface area contributed by atoms with Crippen LogP contribution in [0.2, 0.25) is 0 Å². The van der Waals surface area contributed by atoms with E-state index in [1.54, 1.807) is 24.3 Å². The zero-order chi connectivity index (χ0) is 26.7. The largest absolute Gasteiger partial charge is 0.494 e. The molecule has 0 spiro atoms. The molecule has 8 nitrogen and oxygen atoms in total. The van der Waals surface area contributed by atoms with E-state index in [-0.39, 0.29) is 17.8 Å². The van der Waals surface area contributed by atoms with Gasteiger partial charge in [0.15, 0.2) is 11.0 Å². The van der Waals surface area contributed by atoms with Crippen molar-refractivity contribution < 1.29 is 31.6 Å². The van der Waals surface area contributed by atoms with Gasteiger partial charge >= 0.3 is 0 Å². The molecule has 1 heterocycles. The van der Waals surface area contributed by atoms with E-state index in [1.807, 2.05) is 42.5 Å². The minimum Gasteiger partial charge on any atom is -0.494 e. The van der Waals surface area contributed by atoms with Crippen LogP contribution in [0.15, 0.2) is 72.8 Å². The predicted octanol–water partition coefficient (Wildman–Crippen LogP) is 4.49. The maximum atomic E-state index is 12.0. The standard InChI is InChI=1S/C28H27NO7S2/c1-38(32,33)17-3-16-34-20-10-12-22(13-11-20)35-25-5-2-4-23-24(25)14-15-26(23)36-21-8-6-19(7-9-21)27-18-28(30)29-37(27)31/h2,4-13,18,26H,3,14-17H2,1H3,(H,29,30)/t26-,37?/m1/s1. The van der Waals surface area contributed by atoms with Crippen molar-refractivity contribution in [3.8, 4) is 23.0 Å². The van der Waals surface area contributed by atoms with Crippen molar-refractivity contribution in [3.05, 3.63) is 89.5 Å². The third-order valence-electron chi connectivity index (χ3n) is 6.22. The van der Waals surface area contributed by atoms with E-state index in [4.69, 9.17) is 14.2 Å². The number of sulfone groups is 1. The number of carbonyl (C=O) groups excluding carboxylic acids is 1. The van der Waals surface area contributed by atoms with E-state index >= 15 is 0 Å². The first-order valence-electron chi connectivity index (χ1n) is 12.2. The van der Waals surface area contributed by atoms with Gasteiger partial charge in [0.05, 0.1) is 17.3 Å². The fourth-order valence-electron chi connectivity index (χ4n) is 4.44. The highest BCUT2D eigenvalue weighted by molar-refractivity contribution is 7.94. The molecule has 10 heteroatoms. The van der Waals surface area contributed by atoms with Crippen molar-refractivity contribution >= 4 is 31.6 Å². The molecule has 2 aliphatic rings. The van der Waals surface area contributed by atoms with E-state index in [1.165, 1.54) is 12.3 Å². The molecule has 1 amide bonds. The molecule has 0 aromatic heterocycles. The molecule has 1 N–H and O–H groups in total. The van der Waals surface area contributed by atoms with E-state index in [0.29, 0.717) is 40.7 Å². The van der Waals surface area contributed by atoms with Gasteiger partial charge in [0.1, 0.15) is 38.9 Å². The lowest BCUT2D eigenvalue weighted by Gasteiger charge is -2.16. The van der Waals surface area contributed by atoms with Crippen LogP contribution in [0.1, 0.15) is 35.6 Å². The molecule has 0 saturated heterocycles. The van der Waals surface area contributed by atoms with Crippen LogP contribution in [0.25, 0.3) is 4.91 Å². The lowest BCUT2D eigenvalue weighted by Crippen LogP contribution is -2.16. The zero-order valence-electron chi connectivity index (χ0n) is 20.7. The summed E-state index contributed by atoms with van der Waals surface area (Å²) in [5.74, 6) is 2.54. The number of nitrogens with one attached hydrogen (secondary N) is 1. The van der Waals surface area contributed by atoms with Gasteiger partial charge in [-0.25, -0.2) is 12.6 Å². The second-order valence-electron chi connectivity index (χ2n) is 9.14. The van der Waals surface area contributed by atoms with Gasteiger partial charge in [0, 0.05) is 17.9 Å². The molecule has 1 unspecified atom stereocenters. The molecule has 5 rings (SSSR count). The molecule has 2 atom stereocenters. The molecule has 198 valence electrons. The number of carbonyl (C=O) groups is 1. The summed E-state index contributed by atoms with van der Waals surface area (Å²) in [5.41, 5.74) is 2.89. The van der Waals surface area contributed by atoms with Gasteiger partial charge in [-0.2, -0.15) is 0 Å². The molecule has 0 bridgehead atoms. The summed E-state index contributed by atoms with van der Waals surface area (Å²) < 4.78 is 54.9.